The molecule has 0 N–H and O–H groups in total. The summed E-state index contributed by atoms with van der Waals surface area (Å²) in [7, 11) is 0. The Kier molecular flexibility index (Phi) is 5.72. The third kappa shape index (κ3) is 4.16. The van der Waals surface area contributed by atoms with Crippen LogP contribution in [-0.4, -0.2) is 46.5 Å². The molecule has 0 unspecified atom stereocenters. The van der Waals surface area contributed by atoms with Crippen LogP contribution in [0.2, 0.25) is 0 Å². The van der Waals surface area contributed by atoms with Crippen LogP contribution in [0.5, 0.6) is 0 Å². The highest BCUT2D eigenvalue weighted by atomic mass is 32.1. The number of amides is 1. The fraction of sp³-hybridized carbons (Fsp3) is 0.269. The van der Waals surface area contributed by atoms with Crippen LogP contribution >= 0.6 is 11.3 Å². The van der Waals surface area contributed by atoms with Crippen LogP contribution in [0, 0.1) is 13.8 Å². The zero-order valence-corrected chi connectivity index (χ0v) is 19.6. The van der Waals surface area contributed by atoms with Crippen molar-refractivity contribution in [2.45, 2.75) is 20.4 Å². The fourth-order valence-electron chi connectivity index (χ4n) is 4.39. The molecule has 4 aromatic rings. The quantitative estimate of drug-likeness (QED) is 0.462. The summed E-state index contributed by atoms with van der Waals surface area (Å²) >= 11 is 1.32. The molecule has 0 bridgehead atoms. The molecule has 3 heterocycles. The zero-order chi connectivity index (χ0) is 22.9. The first-order chi connectivity index (χ1) is 16.0. The molecule has 1 saturated heterocycles. The van der Waals surface area contributed by atoms with E-state index in [1.54, 1.807) is 10.9 Å². The third-order valence-corrected chi connectivity index (χ3v) is 7.43. The second-order valence-corrected chi connectivity index (χ2v) is 9.52. The molecule has 1 fully saturated rings. The Morgan fingerprint density at radius 2 is 1.76 bits per heavy atom. The summed E-state index contributed by atoms with van der Waals surface area (Å²) in [5, 5.41) is 0.556. The number of fused-ring (bicyclic) bond motifs is 1. The molecule has 1 aliphatic rings. The van der Waals surface area contributed by atoms with Crippen molar-refractivity contribution in [3.63, 3.8) is 0 Å². The van der Waals surface area contributed by atoms with Gasteiger partial charge in [-0.15, -0.1) is 11.3 Å². The number of benzene rings is 2. The van der Waals surface area contributed by atoms with E-state index < -0.39 is 0 Å². The minimum absolute atomic E-state index is 0.00611. The number of hydrogen-bond acceptors (Lipinski definition) is 5. The van der Waals surface area contributed by atoms with E-state index in [-0.39, 0.29) is 11.5 Å². The van der Waals surface area contributed by atoms with Gasteiger partial charge >= 0.3 is 0 Å². The summed E-state index contributed by atoms with van der Waals surface area (Å²) in [5.74, 6) is -0.00611. The lowest BCUT2D eigenvalue weighted by molar-refractivity contribution is 0.0751. The van der Waals surface area contributed by atoms with Gasteiger partial charge < -0.3 is 9.80 Å². The second-order valence-electron chi connectivity index (χ2n) is 8.52. The van der Waals surface area contributed by atoms with E-state index in [4.69, 9.17) is 0 Å². The summed E-state index contributed by atoms with van der Waals surface area (Å²) in [6.45, 7) is 7.32. The number of carbonyl (C=O) groups is 1. The monoisotopic (exact) mass is 458 g/mol. The van der Waals surface area contributed by atoms with Crippen LogP contribution in [0.4, 0.5) is 5.69 Å². The maximum atomic E-state index is 13.4. The Morgan fingerprint density at radius 1 is 1.00 bits per heavy atom. The van der Waals surface area contributed by atoms with Gasteiger partial charge in [0.05, 0.1) is 23.1 Å². The minimum atomic E-state index is -0.0964. The number of hydrogen-bond donors (Lipinski definition) is 0. The van der Waals surface area contributed by atoms with E-state index in [0.29, 0.717) is 34.7 Å². The van der Waals surface area contributed by atoms with Crippen LogP contribution in [-0.2, 0) is 6.54 Å². The van der Waals surface area contributed by atoms with Gasteiger partial charge in [0.25, 0.3) is 11.5 Å². The normalized spacial score (nSPS) is 14.1. The van der Waals surface area contributed by atoms with Gasteiger partial charge in [0, 0.05) is 31.9 Å². The average Bonchev–Trinajstić information content (AvgIpc) is 3.18. The van der Waals surface area contributed by atoms with E-state index in [9.17, 15) is 9.59 Å². The Hall–Kier alpha value is -3.45. The van der Waals surface area contributed by atoms with Gasteiger partial charge in [-0.3, -0.25) is 14.2 Å². The van der Waals surface area contributed by atoms with Crippen molar-refractivity contribution in [1.29, 1.82) is 0 Å². The van der Waals surface area contributed by atoms with Crippen LogP contribution < -0.4 is 10.5 Å². The molecule has 7 heteroatoms. The standard InChI is InChI=1S/C26H26N4O2S/c1-18-7-6-10-21(15-18)28-11-13-29(14-12-28)26(32)23-19(2)22-24(33-23)27-17-30(25(22)31)16-20-8-4-3-5-9-20/h3-10,15,17H,11-14,16H2,1-2H3. The number of rotatable bonds is 4. The molecular formula is C26H26N4O2S. The molecule has 0 aliphatic carbocycles. The van der Waals surface area contributed by atoms with Gasteiger partial charge in [0.15, 0.2) is 0 Å². The number of thiophene rings is 1. The summed E-state index contributed by atoms with van der Waals surface area (Å²) in [6.07, 6.45) is 1.59. The highest BCUT2D eigenvalue weighted by molar-refractivity contribution is 7.20. The number of carbonyl (C=O) groups excluding carboxylic acids is 1. The summed E-state index contributed by atoms with van der Waals surface area (Å²) in [5.41, 5.74) is 4.11. The summed E-state index contributed by atoms with van der Waals surface area (Å²) < 4.78 is 1.62. The largest absolute Gasteiger partial charge is 0.368 e. The van der Waals surface area contributed by atoms with Crippen molar-refractivity contribution >= 4 is 33.1 Å². The summed E-state index contributed by atoms with van der Waals surface area (Å²) in [6, 6.07) is 18.3. The van der Waals surface area contributed by atoms with E-state index in [2.05, 4.69) is 41.1 Å². The maximum absolute atomic E-state index is 13.4. The van der Waals surface area contributed by atoms with Crippen molar-refractivity contribution in [3.8, 4) is 0 Å². The lowest BCUT2D eigenvalue weighted by atomic mass is 10.1. The van der Waals surface area contributed by atoms with Crippen molar-refractivity contribution in [2.24, 2.45) is 0 Å². The lowest BCUT2D eigenvalue weighted by Crippen LogP contribution is -2.48. The molecule has 6 nitrogen and oxygen atoms in total. The van der Waals surface area contributed by atoms with E-state index in [0.717, 1.165) is 24.2 Å². The molecule has 0 radical (unpaired) electrons. The molecule has 2 aromatic heterocycles. The van der Waals surface area contributed by atoms with Crippen molar-refractivity contribution in [1.82, 2.24) is 14.5 Å². The van der Waals surface area contributed by atoms with Crippen molar-refractivity contribution < 1.29 is 4.79 Å². The lowest BCUT2D eigenvalue weighted by Gasteiger charge is -2.36. The Bertz CT molecular complexity index is 1370. The first-order valence-electron chi connectivity index (χ1n) is 11.1. The molecule has 0 spiro atoms. The maximum Gasteiger partial charge on any atom is 0.264 e. The summed E-state index contributed by atoms with van der Waals surface area (Å²) in [4.78, 5) is 36.5. The first kappa shape index (κ1) is 21.4. The molecule has 5 rings (SSSR count). The van der Waals surface area contributed by atoms with E-state index in [1.807, 2.05) is 42.2 Å². The smallest absolute Gasteiger partial charge is 0.264 e. The Labute approximate surface area is 196 Å². The Balaban J connectivity index is 1.36. The van der Waals surface area contributed by atoms with Crippen LogP contribution in [0.25, 0.3) is 10.2 Å². The van der Waals surface area contributed by atoms with Gasteiger partial charge in [0.2, 0.25) is 0 Å². The number of aromatic nitrogens is 2. The number of anilines is 1. The van der Waals surface area contributed by atoms with E-state index >= 15 is 0 Å². The third-order valence-electron chi connectivity index (χ3n) is 6.24. The molecule has 33 heavy (non-hydrogen) atoms. The molecule has 1 amide bonds. The highest BCUT2D eigenvalue weighted by Gasteiger charge is 2.27. The zero-order valence-electron chi connectivity index (χ0n) is 18.8. The number of aryl methyl sites for hydroxylation is 2. The van der Waals surface area contributed by atoms with Gasteiger partial charge in [-0.25, -0.2) is 4.98 Å². The molecule has 168 valence electrons. The first-order valence-corrected chi connectivity index (χ1v) is 12.0. The van der Waals surface area contributed by atoms with Crippen LogP contribution in [0.1, 0.15) is 26.4 Å². The number of nitrogens with zero attached hydrogens (tertiary/aromatic N) is 4. The fourth-order valence-corrected chi connectivity index (χ4v) is 5.50. The minimum Gasteiger partial charge on any atom is -0.368 e. The van der Waals surface area contributed by atoms with E-state index in [1.165, 1.54) is 22.6 Å². The number of piperazine rings is 1. The molecule has 2 aromatic carbocycles. The predicted molar refractivity (Wildman–Crippen MR) is 133 cm³/mol. The SMILES string of the molecule is Cc1cccc(N2CCN(C(=O)c3sc4ncn(Cc5ccccc5)c(=O)c4c3C)CC2)c1. The van der Waals surface area contributed by atoms with Crippen LogP contribution in [0.15, 0.2) is 65.7 Å². The average molecular weight is 459 g/mol. The predicted octanol–water partition coefficient (Wildman–Crippen LogP) is 4.09. The van der Waals surface area contributed by atoms with Crippen molar-refractivity contribution in [2.75, 3.05) is 31.1 Å². The van der Waals surface area contributed by atoms with Gasteiger partial charge in [-0.1, -0.05) is 42.5 Å². The van der Waals surface area contributed by atoms with Gasteiger partial charge in [0.1, 0.15) is 4.83 Å². The topological polar surface area (TPSA) is 58.4 Å². The van der Waals surface area contributed by atoms with Gasteiger partial charge in [-0.05, 0) is 42.7 Å². The molecule has 0 saturated carbocycles. The van der Waals surface area contributed by atoms with Gasteiger partial charge in [-0.2, -0.15) is 0 Å². The highest BCUT2D eigenvalue weighted by Crippen LogP contribution is 2.29. The second kappa shape index (κ2) is 8.83. The molecular weight excluding hydrogens is 432 g/mol. The Morgan fingerprint density at radius 3 is 2.48 bits per heavy atom. The van der Waals surface area contributed by atoms with Crippen molar-refractivity contribution in [3.05, 3.63) is 92.8 Å². The molecule has 0 atom stereocenters. The van der Waals surface area contributed by atoms with Crippen LogP contribution in [0.3, 0.4) is 0 Å². The molecule has 1 aliphatic heterocycles.